The molecule has 6 heteroatoms. The van der Waals surface area contributed by atoms with Crippen LogP contribution in [0.5, 0.6) is 0 Å². The third kappa shape index (κ3) is 3.25. The van der Waals surface area contributed by atoms with Crippen LogP contribution in [0, 0.1) is 5.41 Å². The normalized spacial score (nSPS) is 18.4. The lowest BCUT2D eigenvalue weighted by Crippen LogP contribution is -2.34. The molecule has 0 saturated heterocycles. The minimum absolute atomic E-state index is 0.0923. The van der Waals surface area contributed by atoms with E-state index in [-0.39, 0.29) is 10.3 Å². The standard InChI is InChI=1S/C13H21N3O2S/c1-13(6-3-4-7-13)10-16-19(17,18)12-9-15-8-5-11(12)14-2/h5,8-9,16H,3-4,6-7,10H2,1-2H3,(H,14,15). The Morgan fingerprint density at radius 3 is 2.68 bits per heavy atom. The average Bonchev–Trinajstić information content (AvgIpc) is 2.84. The van der Waals surface area contributed by atoms with Crippen LogP contribution in [0.15, 0.2) is 23.4 Å². The number of hydrogen-bond acceptors (Lipinski definition) is 4. The topological polar surface area (TPSA) is 71.1 Å². The molecule has 106 valence electrons. The molecule has 1 aliphatic carbocycles. The zero-order valence-electron chi connectivity index (χ0n) is 11.4. The third-order valence-electron chi connectivity index (χ3n) is 3.84. The number of nitrogens with one attached hydrogen (secondary N) is 2. The van der Waals surface area contributed by atoms with Crippen molar-refractivity contribution in [2.24, 2.45) is 5.41 Å². The Hall–Kier alpha value is -1.14. The molecule has 1 saturated carbocycles. The maximum atomic E-state index is 12.3. The molecule has 0 aliphatic heterocycles. The van der Waals surface area contributed by atoms with Gasteiger partial charge in [-0.3, -0.25) is 4.98 Å². The van der Waals surface area contributed by atoms with Crippen LogP contribution in [0.4, 0.5) is 5.69 Å². The summed E-state index contributed by atoms with van der Waals surface area (Å²) < 4.78 is 27.4. The number of nitrogens with zero attached hydrogens (tertiary/aromatic N) is 1. The molecule has 1 aliphatic rings. The van der Waals surface area contributed by atoms with Crippen molar-refractivity contribution in [3.63, 3.8) is 0 Å². The molecule has 0 unspecified atom stereocenters. The van der Waals surface area contributed by atoms with Gasteiger partial charge in [0.05, 0.1) is 5.69 Å². The number of aromatic nitrogens is 1. The van der Waals surface area contributed by atoms with Crippen molar-refractivity contribution in [2.75, 3.05) is 18.9 Å². The first-order valence-corrected chi connectivity index (χ1v) is 8.07. The number of sulfonamides is 1. The second-order valence-corrected chi connectivity index (χ2v) is 7.20. The van der Waals surface area contributed by atoms with Gasteiger partial charge in [0.2, 0.25) is 10.0 Å². The summed E-state index contributed by atoms with van der Waals surface area (Å²) in [6.45, 7) is 2.64. The zero-order chi connectivity index (χ0) is 13.9. The largest absolute Gasteiger partial charge is 0.387 e. The number of anilines is 1. The first kappa shape index (κ1) is 14.3. The van der Waals surface area contributed by atoms with E-state index < -0.39 is 10.0 Å². The van der Waals surface area contributed by atoms with Crippen LogP contribution >= 0.6 is 0 Å². The van der Waals surface area contributed by atoms with Gasteiger partial charge in [-0.15, -0.1) is 0 Å². The van der Waals surface area contributed by atoms with Gasteiger partial charge in [-0.05, 0) is 24.3 Å². The van der Waals surface area contributed by atoms with Crippen molar-refractivity contribution in [2.45, 2.75) is 37.5 Å². The fourth-order valence-electron chi connectivity index (χ4n) is 2.55. The maximum Gasteiger partial charge on any atom is 0.244 e. The lowest BCUT2D eigenvalue weighted by Gasteiger charge is -2.23. The molecule has 0 atom stereocenters. The van der Waals surface area contributed by atoms with E-state index in [9.17, 15) is 8.42 Å². The molecule has 0 radical (unpaired) electrons. The molecular formula is C13H21N3O2S. The van der Waals surface area contributed by atoms with Gasteiger partial charge in [0, 0.05) is 26.0 Å². The highest BCUT2D eigenvalue weighted by Gasteiger charge is 2.30. The summed E-state index contributed by atoms with van der Waals surface area (Å²) in [4.78, 5) is 4.10. The first-order valence-electron chi connectivity index (χ1n) is 6.58. The van der Waals surface area contributed by atoms with Crippen LogP contribution in [0.25, 0.3) is 0 Å². The summed E-state index contributed by atoms with van der Waals surface area (Å²) in [5.41, 5.74) is 0.661. The molecule has 1 aromatic rings. The second-order valence-electron chi connectivity index (χ2n) is 5.46. The van der Waals surface area contributed by atoms with Gasteiger partial charge in [0.25, 0.3) is 0 Å². The van der Waals surface area contributed by atoms with Crippen molar-refractivity contribution in [1.29, 1.82) is 0 Å². The molecular weight excluding hydrogens is 262 g/mol. The van der Waals surface area contributed by atoms with E-state index >= 15 is 0 Å². The van der Waals surface area contributed by atoms with Crippen LogP contribution in [0.3, 0.4) is 0 Å². The number of hydrogen-bond donors (Lipinski definition) is 2. The summed E-state index contributed by atoms with van der Waals surface area (Å²) in [6, 6.07) is 1.66. The van der Waals surface area contributed by atoms with Crippen LogP contribution in [0.2, 0.25) is 0 Å². The summed E-state index contributed by atoms with van der Waals surface area (Å²) in [5.74, 6) is 0. The quantitative estimate of drug-likeness (QED) is 0.867. The van der Waals surface area contributed by atoms with Gasteiger partial charge in [0.15, 0.2) is 0 Å². The van der Waals surface area contributed by atoms with E-state index in [1.165, 1.54) is 19.0 Å². The molecule has 0 aromatic carbocycles. The minimum atomic E-state index is -3.50. The van der Waals surface area contributed by atoms with E-state index in [0.29, 0.717) is 12.2 Å². The fourth-order valence-corrected chi connectivity index (χ4v) is 3.91. The van der Waals surface area contributed by atoms with Crippen LogP contribution < -0.4 is 10.0 Å². The molecule has 2 rings (SSSR count). The molecule has 1 aromatic heterocycles. The summed E-state index contributed by atoms with van der Waals surface area (Å²) in [5, 5.41) is 2.88. The monoisotopic (exact) mass is 283 g/mol. The lowest BCUT2D eigenvalue weighted by molar-refractivity contribution is 0.336. The molecule has 19 heavy (non-hydrogen) atoms. The van der Waals surface area contributed by atoms with Crippen molar-refractivity contribution >= 4 is 15.7 Å². The third-order valence-corrected chi connectivity index (χ3v) is 5.27. The number of pyridine rings is 1. The van der Waals surface area contributed by atoms with E-state index in [2.05, 4.69) is 21.9 Å². The lowest BCUT2D eigenvalue weighted by atomic mass is 9.89. The Bertz CT molecular complexity index is 537. The Labute approximate surface area is 114 Å². The van der Waals surface area contributed by atoms with Crippen LogP contribution in [-0.2, 0) is 10.0 Å². The van der Waals surface area contributed by atoms with Crippen molar-refractivity contribution in [3.8, 4) is 0 Å². The first-order chi connectivity index (χ1) is 8.97. The summed E-state index contributed by atoms with van der Waals surface area (Å²) in [6.07, 6.45) is 7.50. The van der Waals surface area contributed by atoms with Gasteiger partial charge in [-0.25, -0.2) is 13.1 Å². The highest BCUT2D eigenvalue weighted by atomic mass is 32.2. The van der Waals surface area contributed by atoms with E-state index in [4.69, 9.17) is 0 Å². The summed E-state index contributed by atoms with van der Waals surface area (Å²) >= 11 is 0. The van der Waals surface area contributed by atoms with Gasteiger partial charge in [-0.1, -0.05) is 19.8 Å². The van der Waals surface area contributed by atoms with Crippen LogP contribution in [-0.4, -0.2) is 27.0 Å². The van der Waals surface area contributed by atoms with Crippen molar-refractivity contribution in [3.05, 3.63) is 18.5 Å². The SMILES string of the molecule is CNc1ccncc1S(=O)(=O)NCC1(C)CCCC1. The van der Waals surface area contributed by atoms with Gasteiger partial charge >= 0.3 is 0 Å². The minimum Gasteiger partial charge on any atom is -0.387 e. The molecule has 2 N–H and O–H groups in total. The maximum absolute atomic E-state index is 12.3. The molecule has 0 bridgehead atoms. The van der Waals surface area contributed by atoms with Gasteiger partial charge in [0.1, 0.15) is 4.90 Å². The molecule has 0 amide bonds. The zero-order valence-corrected chi connectivity index (χ0v) is 12.3. The molecule has 0 spiro atoms. The Morgan fingerprint density at radius 1 is 1.37 bits per heavy atom. The van der Waals surface area contributed by atoms with E-state index in [1.54, 1.807) is 19.3 Å². The highest BCUT2D eigenvalue weighted by molar-refractivity contribution is 7.89. The van der Waals surface area contributed by atoms with Crippen molar-refractivity contribution < 1.29 is 8.42 Å². The predicted octanol–water partition coefficient (Wildman–Crippen LogP) is 1.98. The molecule has 5 nitrogen and oxygen atoms in total. The second kappa shape index (κ2) is 5.46. The van der Waals surface area contributed by atoms with E-state index in [1.807, 2.05) is 0 Å². The van der Waals surface area contributed by atoms with Gasteiger partial charge in [-0.2, -0.15) is 0 Å². The van der Waals surface area contributed by atoms with Crippen LogP contribution in [0.1, 0.15) is 32.6 Å². The predicted molar refractivity (Wildman–Crippen MR) is 75.5 cm³/mol. The highest BCUT2D eigenvalue weighted by Crippen LogP contribution is 2.37. The van der Waals surface area contributed by atoms with Crippen molar-refractivity contribution in [1.82, 2.24) is 9.71 Å². The Morgan fingerprint density at radius 2 is 2.05 bits per heavy atom. The molecule has 1 fully saturated rings. The Balaban J connectivity index is 2.14. The van der Waals surface area contributed by atoms with E-state index in [0.717, 1.165) is 12.8 Å². The smallest absolute Gasteiger partial charge is 0.244 e. The number of rotatable bonds is 5. The summed E-state index contributed by atoms with van der Waals surface area (Å²) in [7, 11) is -1.80. The average molecular weight is 283 g/mol. The Kier molecular flexibility index (Phi) is 4.10. The fraction of sp³-hybridized carbons (Fsp3) is 0.615. The molecule has 1 heterocycles. The van der Waals surface area contributed by atoms with Gasteiger partial charge < -0.3 is 5.32 Å².